The number of rotatable bonds is 7. The van der Waals surface area contributed by atoms with E-state index in [0.717, 1.165) is 10.5 Å². The lowest BCUT2D eigenvalue weighted by atomic mass is 10.3. The summed E-state index contributed by atoms with van der Waals surface area (Å²) in [5, 5.41) is 2.79. The minimum absolute atomic E-state index is 0.0224. The minimum Gasteiger partial charge on any atom is -0.481 e. The second-order valence-corrected chi connectivity index (χ2v) is 8.09. The van der Waals surface area contributed by atoms with E-state index in [1.54, 1.807) is 30.5 Å². The van der Waals surface area contributed by atoms with E-state index in [1.165, 1.54) is 34.4 Å². The van der Waals surface area contributed by atoms with Crippen LogP contribution in [0.2, 0.25) is 0 Å². The molecule has 0 unspecified atom stereocenters. The van der Waals surface area contributed by atoms with Crippen LogP contribution in [0.25, 0.3) is 5.65 Å². The van der Waals surface area contributed by atoms with Crippen molar-refractivity contribution in [1.29, 1.82) is 0 Å². The maximum Gasteiger partial charge on any atom is 0.262 e. The van der Waals surface area contributed by atoms with Crippen LogP contribution < -0.4 is 15.6 Å². The van der Waals surface area contributed by atoms with Gasteiger partial charge in [0.1, 0.15) is 5.65 Å². The maximum atomic E-state index is 13.7. The molecule has 0 atom stereocenters. The number of benzene rings is 2. The molecule has 0 saturated heterocycles. The average molecular weight is 450 g/mol. The number of anilines is 1. The van der Waals surface area contributed by atoms with Gasteiger partial charge in [-0.25, -0.2) is 9.37 Å². The first-order chi connectivity index (χ1) is 15.5. The molecule has 0 saturated carbocycles. The Kier molecular flexibility index (Phi) is 6.51. The van der Waals surface area contributed by atoms with Crippen molar-refractivity contribution in [3.05, 3.63) is 100 Å². The number of carbonyl (C=O) groups excluding carboxylic acids is 1. The van der Waals surface area contributed by atoms with Gasteiger partial charge in [-0.15, -0.1) is 11.8 Å². The lowest BCUT2D eigenvalue weighted by molar-refractivity contribution is -0.118. The normalized spacial score (nSPS) is 10.8. The molecule has 1 amide bonds. The van der Waals surface area contributed by atoms with Crippen LogP contribution in [-0.4, -0.2) is 21.9 Å². The van der Waals surface area contributed by atoms with Crippen molar-refractivity contribution in [3.63, 3.8) is 0 Å². The number of fused-ring (bicyclic) bond motifs is 1. The maximum absolute atomic E-state index is 13.7. The summed E-state index contributed by atoms with van der Waals surface area (Å²) in [6.45, 7) is 1.63. The van der Waals surface area contributed by atoms with Crippen LogP contribution in [-0.2, 0) is 10.5 Å². The van der Waals surface area contributed by atoms with Crippen LogP contribution in [0.15, 0.2) is 82.6 Å². The number of thioether (sulfide) groups is 1. The van der Waals surface area contributed by atoms with Gasteiger partial charge in [0.2, 0.25) is 0 Å². The largest absolute Gasteiger partial charge is 0.481 e. The molecule has 4 rings (SSSR count). The van der Waals surface area contributed by atoms with Gasteiger partial charge in [-0.1, -0.05) is 24.3 Å². The number of hydrogen-bond acceptors (Lipinski definition) is 5. The molecule has 0 aliphatic carbocycles. The Morgan fingerprint density at radius 2 is 1.91 bits per heavy atom. The van der Waals surface area contributed by atoms with E-state index in [-0.39, 0.29) is 17.9 Å². The summed E-state index contributed by atoms with van der Waals surface area (Å²) >= 11 is 1.45. The fourth-order valence-electron chi connectivity index (χ4n) is 3.07. The Hall–Kier alpha value is -3.65. The van der Waals surface area contributed by atoms with Crippen LogP contribution in [0, 0.1) is 12.7 Å². The van der Waals surface area contributed by atoms with E-state index in [1.807, 2.05) is 31.2 Å². The highest BCUT2D eigenvalue weighted by atomic mass is 32.2. The number of pyridine rings is 1. The smallest absolute Gasteiger partial charge is 0.262 e. The SMILES string of the molecule is Cc1ccn2c(=O)cc(CSc3ccccc3NC(=O)COc3ccccc3F)nc2c1. The Bertz CT molecular complexity index is 1340. The monoisotopic (exact) mass is 449 g/mol. The predicted octanol–water partition coefficient (Wildman–Crippen LogP) is 4.45. The van der Waals surface area contributed by atoms with E-state index in [0.29, 0.717) is 22.8 Å². The third-order valence-corrected chi connectivity index (χ3v) is 5.71. The number of amides is 1. The van der Waals surface area contributed by atoms with Gasteiger partial charge in [0, 0.05) is 22.9 Å². The molecule has 1 N–H and O–H groups in total. The summed E-state index contributed by atoms with van der Waals surface area (Å²) in [5.41, 5.74) is 2.73. The van der Waals surface area contributed by atoms with E-state index < -0.39 is 11.7 Å². The molecule has 8 heteroatoms. The zero-order valence-corrected chi connectivity index (χ0v) is 18.1. The van der Waals surface area contributed by atoms with Crippen LogP contribution >= 0.6 is 11.8 Å². The van der Waals surface area contributed by atoms with Crippen LogP contribution in [0.4, 0.5) is 10.1 Å². The van der Waals surface area contributed by atoms with Gasteiger partial charge in [0.05, 0.1) is 11.4 Å². The molecule has 162 valence electrons. The molecular weight excluding hydrogens is 429 g/mol. The minimum atomic E-state index is -0.523. The van der Waals surface area contributed by atoms with Crippen molar-refractivity contribution >= 4 is 29.0 Å². The van der Waals surface area contributed by atoms with Gasteiger partial charge in [-0.2, -0.15) is 0 Å². The third-order valence-electron chi connectivity index (χ3n) is 4.61. The highest BCUT2D eigenvalue weighted by Gasteiger charge is 2.11. The topological polar surface area (TPSA) is 72.7 Å². The van der Waals surface area contributed by atoms with Crippen molar-refractivity contribution < 1.29 is 13.9 Å². The third kappa shape index (κ3) is 5.15. The number of halogens is 1. The van der Waals surface area contributed by atoms with Gasteiger partial charge in [0.15, 0.2) is 18.2 Å². The van der Waals surface area contributed by atoms with Gasteiger partial charge >= 0.3 is 0 Å². The number of nitrogens with zero attached hydrogens (tertiary/aromatic N) is 2. The van der Waals surface area contributed by atoms with Crippen molar-refractivity contribution in [1.82, 2.24) is 9.38 Å². The summed E-state index contributed by atoms with van der Waals surface area (Å²) in [6, 6.07) is 18.5. The second-order valence-electron chi connectivity index (χ2n) is 7.07. The zero-order valence-electron chi connectivity index (χ0n) is 17.2. The summed E-state index contributed by atoms with van der Waals surface area (Å²) < 4.78 is 20.4. The molecule has 6 nitrogen and oxygen atoms in total. The molecule has 2 heterocycles. The van der Waals surface area contributed by atoms with Crippen LogP contribution in [0.1, 0.15) is 11.3 Å². The van der Waals surface area contributed by atoms with E-state index in [9.17, 15) is 14.0 Å². The second kappa shape index (κ2) is 9.65. The fourth-order valence-corrected chi connectivity index (χ4v) is 3.97. The van der Waals surface area contributed by atoms with Gasteiger partial charge in [-0.05, 0) is 48.9 Å². The zero-order chi connectivity index (χ0) is 22.5. The highest BCUT2D eigenvalue weighted by molar-refractivity contribution is 7.98. The lowest BCUT2D eigenvalue weighted by Crippen LogP contribution is -2.20. The van der Waals surface area contributed by atoms with Gasteiger partial charge < -0.3 is 10.1 Å². The summed E-state index contributed by atoms with van der Waals surface area (Å²) in [4.78, 5) is 30.1. The Morgan fingerprint density at radius 3 is 2.75 bits per heavy atom. The molecule has 0 radical (unpaired) electrons. The summed E-state index contributed by atoms with van der Waals surface area (Å²) in [5.74, 6) is -0.448. The van der Waals surface area contributed by atoms with E-state index in [4.69, 9.17) is 4.74 Å². The average Bonchev–Trinajstić information content (AvgIpc) is 2.77. The number of ether oxygens (including phenoxy) is 1. The molecule has 2 aromatic heterocycles. The fraction of sp³-hybridized carbons (Fsp3) is 0.125. The van der Waals surface area contributed by atoms with Gasteiger partial charge in [0.25, 0.3) is 11.5 Å². The molecule has 0 spiro atoms. The standard InChI is InChI=1S/C24H20FN3O3S/c1-16-10-11-28-22(12-16)26-17(13-24(28)30)15-32-21-9-5-3-7-19(21)27-23(29)14-31-20-8-4-2-6-18(20)25/h2-13H,14-15H2,1H3,(H,27,29). The number of aryl methyl sites for hydroxylation is 1. The lowest BCUT2D eigenvalue weighted by Gasteiger charge is -2.12. The molecule has 2 aromatic carbocycles. The highest BCUT2D eigenvalue weighted by Crippen LogP contribution is 2.29. The summed E-state index contributed by atoms with van der Waals surface area (Å²) in [7, 11) is 0. The number of aromatic nitrogens is 2. The number of carbonyl (C=O) groups is 1. The molecular formula is C24H20FN3O3S. The first-order valence-electron chi connectivity index (χ1n) is 9.87. The van der Waals surface area contributed by atoms with Crippen LogP contribution in [0.5, 0.6) is 5.75 Å². The molecule has 0 aliphatic rings. The first-order valence-corrected chi connectivity index (χ1v) is 10.9. The van der Waals surface area contributed by atoms with Crippen molar-refractivity contribution in [2.75, 3.05) is 11.9 Å². The van der Waals surface area contributed by atoms with E-state index >= 15 is 0 Å². The Labute approximate surface area is 188 Å². The quantitative estimate of drug-likeness (QED) is 0.422. The predicted molar refractivity (Wildman–Crippen MR) is 123 cm³/mol. The van der Waals surface area contributed by atoms with Gasteiger partial charge in [-0.3, -0.25) is 14.0 Å². The Balaban J connectivity index is 1.43. The molecule has 0 aliphatic heterocycles. The Morgan fingerprint density at radius 1 is 1.12 bits per heavy atom. The van der Waals surface area contributed by atoms with E-state index in [2.05, 4.69) is 10.3 Å². The van der Waals surface area contributed by atoms with Crippen molar-refractivity contribution in [3.8, 4) is 5.75 Å². The molecule has 32 heavy (non-hydrogen) atoms. The molecule has 0 fully saturated rings. The number of para-hydroxylation sites is 2. The first kappa shape index (κ1) is 21.6. The molecule has 4 aromatic rings. The van der Waals surface area contributed by atoms with Crippen LogP contribution in [0.3, 0.4) is 0 Å². The molecule has 0 bridgehead atoms. The van der Waals surface area contributed by atoms with Crippen molar-refractivity contribution in [2.24, 2.45) is 0 Å². The number of hydrogen-bond donors (Lipinski definition) is 1. The van der Waals surface area contributed by atoms with Crippen molar-refractivity contribution in [2.45, 2.75) is 17.6 Å². The summed E-state index contributed by atoms with van der Waals surface area (Å²) in [6.07, 6.45) is 1.71. The number of nitrogens with one attached hydrogen (secondary N) is 1.